The molecule has 1 aromatic rings. The predicted molar refractivity (Wildman–Crippen MR) is 61.6 cm³/mol. The lowest BCUT2D eigenvalue weighted by Crippen LogP contribution is -2.41. The molecule has 1 aromatic heterocycles. The van der Waals surface area contributed by atoms with Crippen LogP contribution in [0.4, 0.5) is 0 Å². The van der Waals surface area contributed by atoms with Crippen molar-refractivity contribution in [2.75, 3.05) is 7.05 Å². The van der Waals surface area contributed by atoms with Gasteiger partial charge < -0.3 is 5.32 Å². The highest BCUT2D eigenvalue weighted by Crippen LogP contribution is 2.26. The number of nitrogens with one attached hydrogen (secondary N) is 1. The van der Waals surface area contributed by atoms with Crippen LogP contribution in [-0.2, 0) is 13.5 Å². The summed E-state index contributed by atoms with van der Waals surface area (Å²) >= 11 is 0. The Kier molecular flexibility index (Phi) is 3.85. The molecule has 0 fully saturated rings. The molecule has 0 aliphatic rings. The lowest BCUT2D eigenvalue weighted by Gasteiger charge is -2.33. The molecule has 4 nitrogen and oxygen atoms in total. The average Bonchev–Trinajstić information content (AvgIpc) is 2.60. The number of likely N-dealkylation sites (N-methyl/N-ethyl adjacent to an activating group) is 1. The van der Waals surface area contributed by atoms with Gasteiger partial charge in [-0.15, -0.1) is 0 Å². The zero-order valence-corrected chi connectivity index (χ0v) is 10.4. The Morgan fingerprint density at radius 3 is 2.60 bits per heavy atom. The summed E-state index contributed by atoms with van der Waals surface area (Å²) in [5.74, 6) is 1.04. The van der Waals surface area contributed by atoms with Gasteiger partial charge in [0.1, 0.15) is 12.2 Å². The van der Waals surface area contributed by atoms with E-state index in [9.17, 15) is 0 Å². The Balaban J connectivity index is 2.74. The summed E-state index contributed by atoms with van der Waals surface area (Å²) in [6, 6.07) is 0.436. The minimum atomic E-state index is 0.278. The Morgan fingerprint density at radius 2 is 2.20 bits per heavy atom. The van der Waals surface area contributed by atoms with Crippen LogP contribution in [0.1, 0.15) is 33.0 Å². The van der Waals surface area contributed by atoms with Crippen LogP contribution in [0.25, 0.3) is 0 Å². The molecule has 0 saturated carbocycles. The van der Waals surface area contributed by atoms with E-state index in [0.717, 1.165) is 18.7 Å². The number of rotatable bonds is 5. The Bertz CT molecular complexity index is 303. The van der Waals surface area contributed by atoms with E-state index in [1.165, 1.54) is 0 Å². The molecule has 1 unspecified atom stereocenters. The van der Waals surface area contributed by atoms with Crippen molar-refractivity contribution in [3.63, 3.8) is 0 Å². The molecule has 0 radical (unpaired) electrons. The van der Waals surface area contributed by atoms with Crippen molar-refractivity contribution >= 4 is 0 Å². The molecule has 1 atom stereocenters. The summed E-state index contributed by atoms with van der Waals surface area (Å²) in [6.07, 6.45) is 3.69. The largest absolute Gasteiger partial charge is 0.316 e. The lowest BCUT2D eigenvalue weighted by atomic mass is 9.80. The van der Waals surface area contributed by atoms with E-state index in [4.69, 9.17) is 0 Å². The van der Waals surface area contributed by atoms with E-state index >= 15 is 0 Å². The second-order valence-corrected chi connectivity index (χ2v) is 4.69. The van der Waals surface area contributed by atoms with Crippen LogP contribution in [0, 0.1) is 5.41 Å². The van der Waals surface area contributed by atoms with Crippen molar-refractivity contribution in [2.24, 2.45) is 12.5 Å². The fourth-order valence-electron chi connectivity index (χ4n) is 1.70. The average molecular weight is 210 g/mol. The first-order valence-corrected chi connectivity index (χ1v) is 5.51. The zero-order chi connectivity index (χ0) is 11.5. The van der Waals surface area contributed by atoms with Gasteiger partial charge in [-0.25, -0.2) is 4.98 Å². The Hall–Kier alpha value is -0.900. The molecule has 86 valence electrons. The second kappa shape index (κ2) is 4.75. The van der Waals surface area contributed by atoms with Crippen molar-refractivity contribution in [3.05, 3.63) is 12.2 Å². The van der Waals surface area contributed by atoms with Crippen LogP contribution in [0.2, 0.25) is 0 Å². The first kappa shape index (κ1) is 12.2. The molecule has 0 saturated heterocycles. The van der Waals surface area contributed by atoms with E-state index in [1.807, 2.05) is 18.8 Å². The Morgan fingerprint density at radius 1 is 1.53 bits per heavy atom. The number of hydrogen-bond acceptors (Lipinski definition) is 3. The molecule has 1 heterocycles. The molecule has 0 aliphatic heterocycles. The van der Waals surface area contributed by atoms with Crippen LogP contribution < -0.4 is 5.32 Å². The van der Waals surface area contributed by atoms with Crippen molar-refractivity contribution in [2.45, 2.75) is 39.7 Å². The van der Waals surface area contributed by atoms with Crippen LogP contribution in [0.15, 0.2) is 6.33 Å². The van der Waals surface area contributed by atoms with Gasteiger partial charge in [-0.05, 0) is 18.9 Å². The third kappa shape index (κ3) is 2.78. The highest BCUT2D eigenvalue weighted by atomic mass is 15.3. The summed E-state index contributed by atoms with van der Waals surface area (Å²) in [7, 11) is 3.95. The molecular weight excluding hydrogens is 188 g/mol. The number of nitrogens with zero attached hydrogens (tertiary/aromatic N) is 3. The van der Waals surface area contributed by atoms with Gasteiger partial charge in [-0.1, -0.05) is 20.8 Å². The van der Waals surface area contributed by atoms with E-state index in [1.54, 1.807) is 6.33 Å². The standard InChI is InChI=1S/C11H22N4/c1-6-11(2,3)9(12-4)7-10-13-8-14-15(10)5/h8-9,12H,6-7H2,1-5H3. The van der Waals surface area contributed by atoms with Crippen molar-refractivity contribution in [3.8, 4) is 0 Å². The van der Waals surface area contributed by atoms with Gasteiger partial charge in [-0.3, -0.25) is 4.68 Å². The normalized spacial score (nSPS) is 14.2. The van der Waals surface area contributed by atoms with E-state index in [0.29, 0.717) is 6.04 Å². The van der Waals surface area contributed by atoms with Gasteiger partial charge >= 0.3 is 0 Å². The smallest absolute Gasteiger partial charge is 0.138 e. The molecule has 0 amide bonds. The predicted octanol–water partition coefficient (Wildman–Crippen LogP) is 1.38. The monoisotopic (exact) mass is 210 g/mol. The number of aromatic nitrogens is 3. The summed E-state index contributed by atoms with van der Waals surface area (Å²) in [4.78, 5) is 4.26. The van der Waals surface area contributed by atoms with E-state index < -0.39 is 0 Å². The van der Waals surface area contributed by atoms with Gasteiger partial charge in [0.25, 0.3) is 0 Å². The maximum absolute atomic E-state index is 4.26. The van der Waals surface area contributed by atoms with Gasteiger partial charge in [0.05, 0.1) is 0 Å². The van der Waals surface area contributed by atoms with Crippen molar-refractivity contribution < 1.29 is 0 Å². The van der Waals surface area contributed by atoms with Gasteiger partial charge in [-0.2, -0.15) is 5.10 Å². The maximum atomic E-state index is 4.26. The molecule has 4 heteroatoms. The van der Waals surface area contributed by atoms with Crippen LogP contribution >= 0.6 is 0 Å². The van der Waals surface area contributed by atoms with Gasteiger partial charge in [0.2, 0.25) is 0 Å². The molecule has 0 spiro atoms. The van der Waals surface area contributed by atoms with Crippen LogP contribution in [0.5, 0.6) is 0 Å². The SMILES string of the molecule is CCC(C)(C)C(Cc1ncnn1C)NC. The molecule has 0 bridgehead atoms. The molecule has 15 heavy (non-hydrogen) atoms. The molecule has 1 N–H and O–H groups in total. The highest BCUT2D eigenvalue weighted by Gasteiger charge is 2.27. The first-order chi connectivity index (χ1) is 7.01. The van der Waals surface area contributed by atoms with Crippen LogP contribution in [0.3, 0.4) is 0 Å². The third-order valence-electron chi connectivity index (χ3n) is 3.39. The topological polar surface area (TPSA) is 42.7 Å². The van der Waals surface area contributed by atoms with E-state index in [-0.39, 0.29) is 5.41 Å². The minimum absolute atomic E-state index is 0.278. The van der Waals surface area contributed by atoms with E-state index in [2.05, 4.69) is 36.2 Å². The van der Waals surface area contributed by atoms with Crippen LogP contribution in [-0.4, -0.2) is 27.9 Å². The van der Waals surface area contributed by atoms with Crippen molar-refractivity contribution in [1.29, 1.82) is 0 Å². The maximum Gasteiger partial charge on any atom is 0.138 e. The highest BCUT2D eigenvalue weighted by molar-refractivity contribution is 4.94. The first-order valence-electron chi connectivity index (χ1n) is 5.51. The van der Waals surface area contributed by atoms with Gasteiger partial charge in [0, 0.05) is 19.5 Å². The molecular formula is C11H22N4. The summed E-state index contributed by atoms with van der Waals surface area (Å²) in [6.45, 7) is 6.79. The molecule has 0 aliphatic carbocycles. The summed E-state index contributed by atoms with van der Waals surface area (Å²) < 4.78 is 1.84. The van der Waals surface area contributed by atoms with Gasteiger partial charge in [0.15, 0.2) is 0 Å². The lowest BCUT2D eigenvalue weighted by molar-refractivity contribution is 0.236. The minimum Gasteiger partial charge on any atom is -0.316 e. The zero-order valence-electron chi connectivity index (χ0n) is 10.4. The number of aryl methyl sites for hydroxylation is 1. The Labute approximate surface area is 92.1 Å². The summed E-state index contributed by atoms with van der Waals surface area (Å²) in [5, 5.41) is 7.47. The number of hydrogen-bond donors (Lipinski definition) is 1. The fourth-order valence-corrected chi connectivity index (χ4v) is 1.70. The summed E-state index contributed by atoms with van der Waals surface area (Å²) in [5.41, 5.74) is 0.278. The third-order valence-corrected chi connectivity index (χ3v) is 3.39. The van der Waals surface area contributed by atoms with Crippen molar-refractivity contribution in [1.82, 2.24) is 20.1 Å². The fraction of sp³-hybridized carbons (Fsp3) is 0.818. The molecule has 0 aromatic carbocycles. The quantitative estimate of drug-likeness (QED) is 0.798. The second-order valence-electron chi connectivity index (χ2n) is 4.69. The molecule has 1 rings (SSSR count).